The van der Waals surface area contributed by atoms with Gasteiger partial charge in [-0.25, -0.2) is 14.2 Å². The highest BCUT2D eigenvalue weighted by Gasteiger charge is 2.16. The molecule has 3 rings (SSSR count). The zero-order valence-corrected chi connectivity index (χ0v) is 11.5. The van der Waals surface area contributed by atoms with Crippen molar-refractivity contribution in [2.45, 2.75) is 0 Å². The Kier molecular flexibility index (Phi) is 2.98. The van der Waals surface area contributed by atoms with Crippen molar-refractivity contribution in [2.24, 2.45) is 0 Å². The summed E-state index contributed by atoms with van der Waals surface area (Å²) < 4.78 is 14.2. The Morgan fingerprint density at radius 2 is 2.15 bits per heavy atom. The van der Waals surface area contributed by atoms with Gasteiger partial charge in [-0.1, -0.05) is 0 Å². The van der Waals surface area contributed by atoms with E-state index in [1.807, 2.05) is 0 Å². The van der Waals surface area contributed by atoms with Crippen LogP contribution in [0.25, 0.3) is 22.6 Å². The van der Waals surface area contributed by atoms with Crippen LogP contribution in [-0.2, 0) is 0 Å². The smallest absolute Gasteiger partial charge is 0.338 e. The van der Waals surface area contributed by atoms with Gasteiger partial charge in [0.25, 0.3) is 0 Å². The van der Waals surface area contributed by atoms with E-state index in [0.29, 0.717) is 17.0 Å². The minimum Gasteiger partial charge on any atom is -0.478 e. The van der Waals surface area contributed by atoms with E-state index in [1.165, 1.54) is 6.07 Å². The number of nitrogens with one attached hydrogen (secondary N) is 1. The number of imidazole rings is 1. The summed E-state index contributed by atoms with van der Waals surface area (Å²) in [5.74, 6) is -1.47. The van der Waals surface area contributed by atoms with Crippen molar-refractivity contribution in [2.75, 3.05) is 0 Å². The molecule has 0 saturated carbocycles. The molecule has 2 N–H and O–H groups in total. The normalized spacial score (nSPS) is 10.9. The molecule has 0 amide bonds. The topological polar surface area (TPSA) is 78.9 Å². The molecule has 0 unspecified atom stereocenters. The molecule has 3 aromatic rings. The number of rotatable bonds is 2. The Balaban J connectivity index is 2.22. The van der Waals surface area contributed by atoms with Crippen molar-refractivity contribution in [3.05, 3.63) is 46.3 Å². The monoisotopic (exact) mass is 335 g/mol. The quantitative estimate of drug-likeness (QED) is 0.753. The number of H-pyrrole nitrogens is 1. The van der Waals surface area contributed by atoms with Crippen LogP contribution >= 0.6 is 15.9 Å². The zero-order valence-electron chi connectivity index (χ0n) is 9.89. The van der Waals surface area contributed by atoms with Crippen LogP contribution in [0.2, 0.25) is 0 Å². The number of pyridine rings is 1. The number of hydrogen-bond acceptors (Lipinski definition) is 3. The summed E-state index contributed by atoms with van der Waals surface area (Å²) in [6.07, 6.45) is 1.60. The summed E-state index contributed by atoms with van der Waals surface area (Å²) >= 11 is 3.27. The zero-order chi connectivity index (χ0) is 14.3. The van der Waals surface area contributed by atoms with Gasteiger partial charge in [0.05, 0.1) is 11.1 Å². The van der Waals surface area contributed by atoms with Crippen molar-refractivity contribution >= 4 is 32.9 Å². The second-order valence-electron chi connectivity index (χ2n) is 4.10. The molecule has 0 saturated heterocycles. The molecule has 0 atom stereocenters. The third-order valence-electron chi connectivity index (χ3n) is 2.75. The summed E-state index contributed by atoms with van der Waals surface area (Å²) in [6, 6.07) is 5.66. The lowest BCUT2D eigenvalue weighted by molar-refractivity contribution is 0.0698. The minimum absolute atomic E-state index is 0.181. The Hall–Kier alpha value is -2.28. The molecule has 0 spiro atoms. The molecule has 100 valence electrons. The fourth-order valence-corrected chi connectivity index (χ4v) is 2.12. The lowest BCUT2D eigenvalue weighted by atomic mass is 10.2. The van der Waals surface area contributed by atoms with Gasteiger partial charge < -0.3 is 10.1 Å². The molecule has 0 fully saturated rings. The molecule has 2 aromatic heterocycles. The predicted octanol–water partition coefficient (Wildman–Crippen LogP) is 3.22. The Morgan fingerprint density at radius 1 is 1.35 bits per heavy atom. The van der Waals surface area contributed by atoms with E-state index in [-0.39, 0.29) is 11.1 Å². The van der Waals surface area contributed by atoms with E-state index in [4.69, 9.17) is 5.11 Å². The number of benzene rings is 1. The SMILES string of the molecule is O=C(O)c1cc(F)cc2[nH]c(-c3ccc(Br)cn3)nc12. The standard InChI is InChI=1S/C13H7BrFN3O2/c14-6-1-2-9(16-5-6)12-17-10-4-7(15)3-8(13(19)20)11(10)18-12/h1-5H,(H,17,18)(H,19,20). The number of nitrogens with zero attached hydrogens (tertiary/aromatic N) is 2. The van der Waals surface area contributed by atoms with Gasteiger partial charge in [0.15, 0.2) is 5.82 Å². The largest absolute Gasteiger partial charge is 0.478 e. The van der Waals surface area contributed by atoms with Crippen LogP contribution < -0.4 is 0 Å². The first-order valence-electron chi connectivity index (χ1n) is 5.59. The van der Waals surface area contributed by atoms with Crippen LogP contribution in [0, 0.1) is 5.82 Å². The number of aromatic carboxylic acids is 1. The van der Waals surface area contributed by atoms with Gasteiger partial charge in [-0.3, -0.25) is 4.98 Å². The van der Waals surface area contributed by atoms with Crippen molar-refractivity contribution in [3.63, 3.8) is 0 Å². The lowest BCUT2D eigenvalue weighted by Crippen LogP contribution is -1.98. The molecule has 0 bridgehead atoms. The third kappa shape index (κ3) is 2.16. The molecule has 0 radical (unpaired) electrons. The summed E-state index contributed by atoms with van der Waals surface area (Å²) in [5, 5.41) is 9.08. The maximum atomic E-state index is 13.4. The average Bonchev–Trinajstić information content (AvgIpc) is 2.81. The maximum absolute atomic E-state index is 13.4. The van der Waals surface area contributed by atoms with Crippen LogP contribution in [0.15, 0.2) is 34.9 Å². The highest BCUT2D eigenvalue weighted by molar-refractivity contribution is 9.10. The first-order valence-corrected chi connectivity index (χ1v) is 6.38. The second kappa shape index (κ2) is 4.68. The van der Waals surface area contributed by atoms with Gasteiger partial charge >= 0.3 is 5.97 Å². The van der Waals surface area contributed by atoms with Gasteiger partial charge in [-0.15, -0.1) is 0 Å². The molecule has 7 heteroatoms. The molecule has 1 aromatic carbocycles. The number of aromatic amines is 1. The molecule has 0 aliphatic carbocycles. The first-order chi connectivity index (χ1) is 9.54. The van der Waals surface area contributed by atoms with E-state index >= 15 is 0 Å². The number of carboxylic acids is 1. The van der Waals surface area contributed by atoms with Gasteiger partial charge in [-0.05, 0) is 40.2 Å². The van der Waals surface area contributed by atoms with Crippen LogP contribution in [0.5, 0.6) is 0 Å². The first kappa shape index (κ1) is 12.7. The lowest BCUT2D eigenvalue weighted by Gasteiger charge is -1.95. The molecule has 0 aliphatic rings. The molecular weight excluding hydrogens is 329 g/mol. The summed E-state index contributed by atoms with van der Waals surface area (Å²) in [6.45, 7) is 0. The molecule has 20 heavy (non-hydrogen) atoms. The second-order valence-corrected chi connectivity index (χ2v) is 5.02. The number of hydrogen-bond donors (Lipinski definition) is 2. The van der Waals surface area contributed by atoms with Crippen LogP contribution in [-0.4, -0.2) is 26.0 Å². The van der Waals surface area contributed by atoms with Crippen molar-refractivity contribution < 1.29 is 14.3 Å². The molecule has 0 aliphatic heterocycles. The van der Waals surface area contributed by atoms with Gasteiger partial charge in [0.1, 0.15) is 17.0 Å². The predicted molar refractivity (Wildman–Crippen MR) is 73.9 cm³/mol. The number of carbonyl (C=O) groups is 1. The van der Waals surface area contributed by atoms with Crippen LogP contribution in [0.3, 0.4) is 0 Å². The number of halogens is 2. The number of fused-ring (bicyclic) bond motifs is 1. The van der Waals surface area contributed by atoms with Gasteiger partial charge in [0, 0.05) is 10.7 Å². The van der Waals surface area contributed by atoms with E-state index in [9.17, 15) is 9.18 Å². The summed E-state index contributed by atoms with van der Waals surface area (Å²) in [7, 11) is 0. The third-order valence-corrected chi connectivity index (χ3v) is 3.22. The van der Waals surface area contributed by atoms with Crippen molar-refractivity contribution in [1.82, 2.24) is 15.0 Å². The highest BCUT2D eigenvalue weighted by atomic mass is 79.9. The van der Waals surface area contributed by atoms with Gasteiger partial charge in [0.2, 0.25) is 0 Å². The summed E-state index contributed by atoms with van der Waals surface area (Å²) in [4.78, 5) is 22.3. The summed E-state index contributed by atoms with van der Waals surface area (Å²) in [5.41, 5.74) is 0.890. The fourth-order valence-electron chi connectivity index (χ4n) is 1.88. The van der Waals surface area contributed by atoms with Crippen molar-refractivity contribution in [1.29, 1.82) is 0 Å². The number of carboxylic acid groups (broad SMARTS) is 1. The van der Waals surface area contributed by atoms with E-state index in [1.54, 1.807) is 18.3 Å². The average molecular weight is 336 g/mol. The fraction of sp³-hybridized carbons (Fsp3) is 0. The minimum atomic E-state index is -1.23. The van der Waals surface area contributed by atoms with E-state index in [0.717, 1.165) is 10.5 Å². The van der Waals surface area contributed by atoms with E-state index in [2.05, 4.69) is 30.9 Å². The highest BCUT2D eigenvalue weighted by Crippen LogP contribution is 2.23. The van der Waals surface area contributed by atoms with Gasteiger partial charge in [-0.2, -0.15) is 0 Å². The maximum Gasteiger partial charge on any atom is 0.338 e. The van der Waals surface area contributed by atoms with Crippen LogP contribution in [0.1, 0.15) is 10.4 Å². The Morgan fingerprint density at radius 3 is 2.80 bits per heavy atom. The molecule has 2 heterocycles. The van der Waals surface area contributed by atoms with E-state index < -0.39 is 11.8 Å². The molecule has 5 nitrogen and oxygen atoms in total. The number of aromatic nitrogens is 3. The molecular formula is C13H7BrFN3O2. The Bertz CT molecular complexity index is 814. The Labute approximate surface area is 120 Å². The van der Waals surface area contributed by atoms with Crippen LogP contribution in [0.4, 0.5) is 4.39 Å². The van der Waals surface area contributed by atoms with Crippen molar-refractivity contribution in [3.8, 4) is 11.5 Å².